The molecular weight excluding hydrogens is 374 g/mol. The number of nitrogens with zero attached hydrogens (tertiary/aromatic N) is 5. The van der Waals surface area contributed by atoms with E-state index in [0.29, 0.717) is 17.5 Å². The van der Waals surface area contributed by atoms with E-state index in [9.17, 15) is 4.79 Å². The van der Waals surface area contributed by atoms with E-state index in [1.807, 2.05) is 29.3 Å². The summed E-state index contributed by atoms with van der Waals surface area (Å²) < 4.78 is 2.89. The molecule has 0 N–H and O–H groups in total. The van der Waals surface area contributed by atoms with E-state index in [1.54, 1.807) is 18.7 Å². The van der Waals surface area contributed by atoms with Crippen LogP contribution in [0.15, 0.2) is 58.4 Å². The van der Waals surface area contributed by atoms with Crippen molar-refractivity contribution in [1.82, 2.24) is 14.3 Å². The molecule has 1 aromatic heterocycles. The first-order valence-corrected chi connectivity index (χ1v) is 9.68. The largest absolute Gasteiger partial charge is 0.346 e. The minimum absolute atomic E-state index is 0.161. The van der Waals surface area contributed by atoms with E-state index in [2.05, 4.69) is 29.4 Å². The molecule has 142 valence electrons. The van der Waals surface area contributed by atoms with Crippen LogP contribution in [-0.2, 0) is 25.9 Å². The summed E-state index contributed by atoms with van der Waals surface area (Å²) in [6.07, 6.45) is 1.99. The van der Waals surface area contributed by atoms with Gasteiger partial charge in [0.15, 0.2) is 0 Å². The minimum atomic E-state index is -0.224. The molecule has 0 amide bonds. The van der Waals surface area contributed by atoms with Gasteiger partial charge in [-0.15, -0.1) is 5.10 Å². The number of hydrogen-bond acceptors (Lipinski definition) is 4. The molecule has 2 heterocycles. The Morgan fingerprint density at radius 3 is 2.54 bits per heavy atom. The van der Waals surface area contributed by atoms with Crippen LogP contribution in [0, 0.1) is 0 Å². The molecular formula is C21H20ClN5O. The number of halogens is 1. The molecule has 0 unspecified atom stereocenters. The predicted octanol–water partition coefficient (Wildman–Crippen LogP) is 2.88. The Morgan fingerprint density at radius 1 is 1.07 bits per heavy atom. The fourth-order valence-corrected chi connectivity index (χ4v) is 4.64. The first-order valence-electron chi connectivity index (χ1n) is 9.30. The third-order valence-corrected chi connectivity index (χ3v) is 6.15. The number of fused-ring (bicyclic) bond motifs is 2. The van der Waals surface area contributed by atoms with Crippen LogP contribution >= 0.6 is 11.6 Å². The highest BCUT2D eigenvalue weighted by Crippen LogP contribution is 2.46. The number of benzene rings is 2. The van der Waals surface area contributed by atoms with Crippen molar-refractivity contribution in [3.05, 3.63) is 80.7 Å². The first-order chi connectivity index (χ1) is 13.5. The van der Waals surface area contributed by atoms with Crippen molar-refractivity contribution in [2.75, 3.05) is 11.6 Å². The molecule has 5 rings (SSSR count). The molecule has 2 aromatic carbocycles. The van der Waals surface area contributed by atoms with E-state index in [0.717, 1.165) is 24.1 Å². The Kier molecular flexibility index (Phi) is 3.74. The van der Waals surface area contributed by atoms with Crippen molar-refractivity contribution < 1.29 is 0 Å². The topological polar surface area (TPSA) is 55.4 Å². The fourth-order valence-electron chi connectivity index (χ4n) is 4.51. The van der Waals surface area contributed by atoms with Crippen LogP contribution in [0.2, 0.25) is 5.02 Å². The number of aromatic nitrogens is 3. The van der Waals surface area contributed by atoms with Crippen LogP contribution < -0.4 is 10.7 Å². The SMILES string of the molecule is Cn1nc(N2C[C@]3(CCc4ccccc43)C(c3ccc(Cl)cc3)=N2)n(C)c1=O. The van der Waals surface area contributed by atoms with Crippen molar-refractivity contribution in [1.29, 1.82) is 0 Å². The molecule has 28 heavy (non-hydrogen) atoms. The second kappa shape index (κ2) is 6.07. The Hall–Kier alpha value is -2.86. The van der Waals surface area contributed by atoms with Gasteiger partial charge in [-0.1, -0.05) is 48.0 Å². The van der Waals surface area contributed by atoms with E-state index in [1.165, 1.54) is 15.8 Å². The van der Waals surface area contributed by atoms with Crippen molar-refractivity contribution >= 4 is 23.3 Å². The minimum Gasteiger partial charge on any atom is -0.263 e. The molecule has 7 heteroatoms. The van der Waals surface area contributed by atoms with Gasteiger partial charge in [0, 0.05) is 19.1 Å². The molecule has 0 bridgehead atoms. The third kappa shape index (κ3) is 2.37. The Bertz CT molecular complexity index is 1160. The summed E-state index contributed by atoms with van der Waals surface area (Å²) >= 11 is 6.12. The Balaban J connectivity index is 1.69. The lowest BCUT2D eigenvalue weighted by atomic mass is 9.75. The summed E-state index contributed by atoms with van der Waals surface area (Å²) in [5, 5.41) is 12.0. The van der Waals surface area contributed by atoms with Gasteiger partial charge >= 0.3 is 5.69 Å². The predicted molar refractivity (Wildman–Crippen MR) is 110 cm³/mol. The summed E-state index contributed by atoms with van der Waals surface area (Å²) in [6, 6.07) is 16.4. The van der Waals surface area contributed by atoms with Crippen molar-refractivity contribution in [3.8, 4) is 0 Å². The highest BCUT2D eigenvalue weighted by atomic mass is 35.5. The van der Waals surface area contributed by atoms with Gasteiger partial charge in [-0.05, 0) is 41.7 Å². The molecule has 1 aliphatic heterocycles. The Morgan fingerprint density at radius 2 is 1.82 bits per heavy atom. The van der Waals surface area contributed by atoms with Crippen LogP contribution in [0.4, 0.5) is 5.95 Å². The van der Waals surface area contributed by atoms with Crippen molar-refractivity contribution in [2.45, 2.75) is 18.3 Å². The van der Waals surface area contributed by atoms with Gasteiger partial charge in [0.1, 0.15) is 0 Å². The second-order valence-electron chi connectivity index (χ2n) is 7.52. The number of anilines is 1. The number of rotatable bonds is 2. The number of hydrogen-bond donors (Lipinski definition) is 0. The number of aryl methyl sites for hydroxylation is 2. The molecule has 1 atom stereocenters. The van der Waals surface area contributed by atoms with Gasteiger partial charge in [-0.25, -0.2) is 14.5 Å². The molecule has 0 fully saturated rings. The van der Waals surface area contributed by atoms with E-state index < -0.39 is 0 Å². The standard InChI is InChI=1S/C21H20ClN5O/c1-25-19(24-26(2)20(25)28)27-13-21(12-11-14-5-3-4-6-17(14)21)18(23-27)15-7-9-16(22)10-8-15/h3-10H,11-13H2,1-2H3/t21-/m0/s1. The first kappa shape index (κ1) is 17.3. The zero-order chi connectivity index (χ0) is 19.5. The summed E-state index contributed by atoms with van der Waals surface area (Å²) in [4.78, 5) is 12.2. The average molecular weight is 394 g/mol. The van der Waals surface area contributed by atoms with Crippen molar-refractivity contribution in [3.63, 3.8) is 0 Å². The maximum atomic E-state index is 12.2. The normalized spacial score (nSPS) is 20.7. The van der Waals surface area contributed by atoms with Crippen LogP contribution in [0.3, 0.4) is 0 Å². The fraction of sp³-hybridized carbons (Fsp3) is 0.286. The lowest BCUT2D eigenvalue weighted by molar-refractivity contribution is 0.582. The molecule has 6 nitrogen and oxygen atoms in total. The average Bonchev–Trinajstić information content (AvgIpc) is 3.35. The lowest BCUT2D eigenvalue weighted by Gasteiger charge is -2.27. The molecule has 1 aliphatic carbocycles. The highest BCUT2D eigenvalue weighted by Gasteiger charge is 2.49. The van der Waals surface area contributed by atoms with E-state index in [4.69, 9.17) is 16.7 Å². The maximum Gasteiger partial charge on any atom is 0.346 e. The number of hydrazone groups is 1. The third-order valence-electron chi connectivity index (χ3n) is 5.90. The van der Waals surface area contributed by atoms with Gasteiger partial charge in [-0.3, -0.25) is 4.57 Å². The molecule has 2 aliphatic rings. The monoisotopic (exact) mass is 393 g/mol. The van der Waals surface area contributed by atoms with Crippen LogP contribution in [0.1, 0.15) is 23.1 Å². The van der Waals surface area contributed by atoms with E-state index in [-0.39, 0.29) is 11.1 Å². The van der Waals surface area contributed by atoms with Gasteiger partial charge < -0.3 is 0 Å². The van der Waals surface area contributed by atoms with E-state index >= 15 is 0 Å². The molecule has 3 aromatic rings. The molecule has 0 saturated heterocycles. The summed E-state index contributed by atoms with van der Waals surface area (Å²) in [7, 11) is 3.39. The van der Waals surface area contributed by atoms with Crippen LogP contribution in [0.5, 0.6) is 0 Å². The molecule has 1 spiro atoms. The van der Waals surface area contributed by atoms with Crippen LogP contribution in [0.25, 0.3) is 0 Å². The maximum absolute atomic E-state index is 12.2. The smallest absolute Gasteiger partial charge is 0.263 e. The summed E-state index contributed by atoms with van der Waals surface area (Å²) in [5.41, 5.74) is 4.34. The summed E-state index contributed by atoms with van der Waals surface area (Å²) in [6.45, 7) is 0.659. The van der Waals surface area contributed by atoms with Crippen molar-refractivity contribution in [2.24, 2.45) is 19.2 Å². The lowest BCUT2D eigenvalue weighted by Crippen LogP contribution is -2.37. The second-order valence-corrected chi connectivity index (χ2v) is 7.95. The Labute approximate surface area is 167 Å². The zero-order valence-electron chi connectivity index (χ0n) is 15.8. The summed E-state index contributed by atoms with van der Waals surface area (Å²) in [5.74, 6) is 0.556. The van der Waals surface area contributed by atoms with Gasteiger partial charge in [-0.2, -0.15) is 5.10 Å². The molecule has 0 radical (unpaired) electrons. The zero-order valence-corrected chi connectivity index (χ0v) is 16.5. The van der Waals surface area contributed by atoms with Gasteiger partial charge in [0.25, 0.3) is 0 Å². The quantitative estimate of drug-likeness (QED) is 0.672. The van der Waals surface area contributed by atoms with Gasteiger partial charge in [0.05, 0.1) is 17.7 Å². The van der Waals surface area contributed by atoms with Crippen LogP contribution in [-0.4, -0.2) is 26.6 Å². The highest BCUT2D eigenvalue weighted by molar-refractivity contribution is 6.30. The molecule has 0 saturated carbocycles. The van der Waals surface area contributed by atoms with Gasteiger partial charge in [0.2, 0.25) is 5.95 Å².